The van der Waals surface area contributed by atoms with E-state index in [0.717, 1.165) is 12.8 Å². The Hall–Kier alpha value is -0.640. The molecule has 0 aliphatic heterocycles. The second-order valence-electron chi connectivity index (χ2n) is 5.64. The summed E-state index contributed by atoms with van der Waals surface area (Å²) < 4.78 is 0. The molecule has 0 unspecified atom stereocenters. The lowest BCUT2D eigenvalue weighted by Crippen LogP contribution is -2.33. The lowest BCUT2D eigenvalue weighted by Gasteiger charge is -2.30. The molecule has 0 bridgehead atoms. The maximum Gasteiger partial charge on any atom is 0.103 e. The first-order valence-corrected chi connectivity index (χ1v) is 7.50. The fraction of sp³-hybridized carbons (Fsp3) is 0.750. The van der Waals surface area contributed by atoms with Crippen LogP contribution in [0.3, 0.4) is 0 Å². The van der Waals surface area contributed by atoms with Gasteiger partial charge in [0.05, 0.1) is 0 Å². The molecule has 1 rings (SSSR count). The summed E-state index contributed by atoms with van der Waals surface area (Å²) in [7, 11) is 0. The Morgan fingerprint density at radius 1 is 0.737 bits per heavy atom. The fourth-order valence-electron chi connectivity index (χ4n) is 2.39. The molecule has 0 aromatic heterocycles. The highest BCUT2D eigenvalue weighted by Gasteiger charge is 2.29. The molecule has 0 heterocycles. The average Bonchev–Trinajstić information content (AvgIpc) is 2.39. The number of aliphatic hydroxyl groups is 3. The zero-order valence-corrected chi connectivity index (χ0v) is 12.0. The molecule has 0 atom stereocenters. The predicted octanol–water partition coefficient (Wildman–Crippen LogP) is 2.71. The van der Waals surface area contributed by atoms with Gasteiger partial charge in [-0.25, -0.2) is 0 Å². The highest BCUT2D eigenvalue weighted by Crippen LogP contribution is 2.28. The molecular formula is C16H28O3. The fourth-order valence-corrected chi connectivity index (χ4v) is 2.39. The maximum atomic E-state index is 10.3. The van der Waals surface area contributed by atoms with Gasteiger partial charge in [-0.3, -0.25) is 0 Å². The van der Waals surface area contributed by atoms with Gasteiger partial charge in [-0.1, -0.05) is 63.3 Å². The molecule has 1 aliphatic carbocycles. The van der Waals surface area contributed by atoms with Gasteiger partial charge >= 0.3 is 0 Å². The minimum Gasteiger partial charge on any atom is -0.396 e. The number of hydrogen-bond acceptors (Lipinski definition) is 3. The summed E-state index contributed by atoms with van der Waals surface area (Å²) in [5, 5.41) is 29.2. The van der Waals surface area contributed by atoms with Crippen molar-refractivity contribution in [2.75, 3.05) is 6.61 Å². The Kier molecular flexibility index (Phi) is 6.76. The first kappa shape index (κ1) is 16.4. The van der Waals surface area contributed by atoms with Crippen molar-refractivity contribution in [3.8, 4) is 0 Å². The Bertz CT molecular complexity index is 293. The third kappa shape index (κ3) is 5.89. The Balaban J connectivity index is 2.29. The number of aliphatic hydroxyl groups excluding tert-OH is 1. The second kappa shape index (κ2) is 7.83. The van der Waals surface area contributed by atoms with Crippen LogP contribution in [0.5, 0.6) is 0 Å². The highest BCUT2D eigenvalue weighted by atomic mass is 16.3. The second-order valence-corrected chi connectivity index (χ2v) is 5.64. The van der Waals surface area contributed by atoms with Crippen LogP contribution < -0.4 is 0 Å². The van der Waals surface area contributed by atoms with Crippen molar-refractivity contribution in [2.45, 2.75) is 69.5 Å². The van der Waals surface area contributed by atoms with E-state index in [1.807, 2.05) is 0 Å². The molecule has 19 heavy (non-hydrogen) atoms. The zero-order valence-electron chi connectivity index (χ0n) is 12.0. The van der Waals surface area contributed by atoms with E-state index in [2.05, 4.69) is 6.92 Å². The minimum absolute atomic E-state index is 0.0684. The molecule has 3 N–H and O–H groups in total. The Labute approximate surface area is 116 Å². The van der Waals surface area contributed by atoms with Crippen molar-refractivity contribution in [3.05, 3.63) is 24.3 Å². The van der Waals surface area contributed by atoms with E-state index in [9.17, 15) is 10.2 Å². The van der Waals surface area contributed by atoms with E-state index in [4.69, 9.17) is 5.11 Å². The lowest BCUT2D eigenvalue weighted by atomic mass is 9.85. The predicted molar refractivity (Wildman–Crippen MR) is 77.9 cm³/mol. The lowest BCUT2D eigenvalue weighted by molar-refractivity contribution is 0.0820. The summed E-state index contributed by atoms with van der Waals surface area (Å²) in [6.45, 7) is 2.13. The zero-order chi connectivity index (χ0) is 14.2. The van der Waals surface area contributed by atoms with Crippen molar-refractivity contribution in [3.63, 3.8) is 0 Å². The third-order valence-corrected chi connectivity index (χ3v) is 3.76. The molecule has 3 heteroatoms. The number of unbranched alkanes of at least 4 members (excludes halogenated alkanes) is 5. The van der Waals surface area contributed by atoms with Crippen molar-refractivity contribution in [2.24, 2.45) is 0 Å². The smallest absolute Gasteiger partial charge is 0.103 e. The van der Waals surface area contributed by atoms with Crippen LogP contribution in [-0.2, 0) is 0 Å². The standard InChI is InChI=1S/C16H28O3/c1-2-3-4-5-6-7-8-15(18)9-11-16(19,12-10-15)13-14-17/h9-12,17-19H,2-8,13-14H2,1H3. The van der Waals surface area contributed by atoms with Crippen LogP contribution in [0.2, 0.25) is 0 Å². The topological polar surface area (TPSA) is 60.7 Å². The van der Waals surface area contributed by atoms with Gasteiger partial charge in [0.2, 0.25) is 0 Å². The molecule has 0 radical (unpaired) electrons. The largest absolute Gasteiger partial charge is 0.396 e. The molecule has 110 valence electrons. The third-order valence-electron chi connectivity index (χ3n) is 3.76. The number of rotatable bonds is 9. The normalized spacial score (nSPS) is 29.9. The molecule has 0 spiro atoms. The van der Waals surface area contributed by atoms with Gasteiger partial charge < -0.3 is 15.3 Å². The van der Waals surface area contributed by atoms with E-state index in [-0.39, 0.29) is 13.0 Å². The SMILES string of the molecule is CCCCCCCCC1(O)C=CC(O)(CCO)C=C1. The average molecular weight is 268 g/mol. The summed E-state index contributed by atoms with van der Waals surface area (Å²) in [6.07, 6.45) is 14.7. The van der Waals surface area contributed by atoms with Crippen LogP contribution in [0, 0.1) is 0 Å². The summed E-state index contributed by atoms with van der Waals surface area (Å²) in [5.74, 6) is 0. The maximum absolute atomic E-state index is 10.3. The molecule has 0 amide bonds. The van der Waals surface area contributed by atoms with Gasteiger partial charge in [0, 0.05) is 13.0 Å². The van der Waals surface area contributed by atoms with Crippen LogP contribution >= 0.6 is 0 Å². The van der Waals surface area contributed by atoms with E-state index in [1.54, 1.807) is 24.3 Å². The van der Waals surface area contributed by atoms with Crippen LogP contribution in [0.15, 0.2) is 24.3 Å². The molecule has 3 nitrogen and oxygen atoms in total. The van der Waals surface area contributed by atoms with Gasteiger partial charge in [0.25, 0.3) is 0 Å². The number of hydrogen-bond donors (Lipinski definition) is 3. The van der Waals surface area contributed by atoms with Crippen LogP contribution in [0.1, 0.15) is 58.3 Å². The van der Waals surface area contributed by atoms with Crippen LogP contribution in [0.25, 0.3) is 0 Å². The molecular weight excluding hydrogens is 240 g/mol. The van der Waals surface area contributed by atoms with Crippen molar-refractivity contribution in [1.82, 2.24) is 0 Å². The van der Waals surface area contributed by atoms with Gasteiger partial charge in [-0.2, -0.15) is 0 Å². The van der Waals surface area contributed by atoms with E-state index in [1.165, 1.54) is 25.7 Å². The van der Waals surface area contributed by atoms with Crippen LogP contribution in [0.4, 0.5) is 0 Å². The highest BCUT2D eigenvalue weighted by molar-refractivity contribution is 5.28. The van der Waals surface area contributed by atoms with Crippen molar-refractivity contribution < 1.29 is 15.3 Å². The summed E-state index contributed by atoms with van der Waals surface area (Å²) >= 11 is 0. The van der Waals surface area contributed by atoms with Crippen molar-refractivity contribution in [1.29, 1.82) is 0 Å². The van der Waals surface area contributed by atoms with Gasteiger partial charge in [-0.15, -0.1) is 0 Å². The van der Waals surface area contributed by atoms with Gasteiger partial charge in [-0.05, 0) is 12.8 Å². The minimum atomic E-state index is -1.10. The summed E-state index contributed by atoms with van der Waals surface area (Å²) in [4.78, 5) is 0. The van der Waals surface area contributed by atoms with E-state index < -0.39 is 11.2 Å². The molecule has 0 saturated carbocycles. The molecule has 1 aliphatic rings. The van der Waals surface area contributed by atoms with E-state index in [0.29, 0.717) is 6.42 Å². The molecule has 0 fully saturated rings. The first-order valence-electron chi connectivity index (χ1n) is 7.50. The molecule has 0 saturated heterocycles. The van der Waals surface area contributed by atoms with Crippen molar-refractivity contribution >= 4 is 0 Å². The van der Waals surface area contributed by atoms with Gasteiger partial charge in [0.1, 0.15) is 11.2 Å². The Morgan fingerprint density at radius 3 is 1.74 bits per heavy atom. The monoisotopic (exact) mass is 268 g/mol. The Morgan fingerprint density at radius 2 is 1.21 bits per heavy atom. The molecule has 0 aromatic carbocycles. The quantitative estimate of drug-likeness (QED) is 0.445. The molecule has 0 aromatic rings. The van der Waals surface area contributed by atoms with Gasteiger partial charge in [0.15, 0.2) is 0 Å². The first-order chi connectivity index (χ1) is 9.04. The van der Waals surface area contributed by atoms with Crippen LogP contribution in [-0.4, -0.2) is 33.1 Å². The summed E-state index contributed by atoms with van der Waals surface area (Å²) in [5.41, 5.74) is -2.02. The summed E-state index contributed by atoms with van der Waals surface area (Å²) in [6, 6.07) is 0. The van der Waals surface area contributed by atoms with E-state index >= 15 is 0 Å².